The smallest absolute Gasteiger partial charge is 0.206 e. The normalized spacial score (nSPS) is 8.67. The lowest BCUT2D eigenvalue weighted by molar-refractivity contribution is 0.624. The van der Waals surface area contributed by atoms with Crippen molar-refractivity contribution in [2.24, 2.45) is 0 Å². The van der Waals surface area contributed by atoms with Crippen LogP contribution in [0.25, 0.3) is 4.85 Å². The molecular formula is C8H2ClFN2. The monoisotopic (exact) mass is 180 g/mol. The highest BCUT2D eigenvalue weighted by atomic mass is 35.5. The maximum absolute atomic E-state index is 12.8. The lowest BCUT2D eigenvalue weighted by Crippen LogP contribution is -1.83. The molecule has 0 aliphatic heterocycles. The number of halogens is 2. The maximum Gasteiger partial charge on any atom is 0.206 e. The predicted molar refractivity (Wildman–Crippen MR) is 42.4 cm³/mol. The first-order valence-corrected chi connectivity index (χ1v) is 3.34. The van der Waals surface area contributed by atoms with E-state index in [0.717, 1.165) is 6.07 Å². The third-order valence-corrected chi connectivity index (χ3v) is 1.69. The summed E-state index contributed by atoms with van der Waals surface area (Å²) in [5.74, 6) is -0.699. The van der Waals surface area contributed by atoms with E-state index in [1.807, 2.05) is 0 Å². The van der Waals surface area contributed by atoms with E-state index in [1.54, 1.807) is 6.07 Å². The van der Waals surface area contributed by atoms with Crippen LogP contribution in [0.5, 0.6) is 0 Å². The molecule has 0 N–H and O–H groups in total. The van der Waals surface area contributed by atoms with E-state index < -0.39 is 5.82 Å². The largest absolute Gasteiger partial charge is 0.237 e. The van der Waals surface area contributed by atoms with Crippen molar-refractivity contribution in [1.29, 1.82) is 5.26 Å². The molecule has 0 fully saturated rings. The first kappa shape index (κ1) is 8.52. The Kier molecular flexibility index (Phi) is 2.28. The predicted octanol–water partition coefficient (Wildman–Crippen LogP) is 2.90. The fourth-order valence-corrected chi connectivity index (χ4v) is 0.968. The summed E-state index contributed by atoms with van der Waals surface area (Å²) in [5, 5.41) is 8.32. The van der Waals surface area contributed by atoms with E-state index in [1.165, 1.54) is 6.07 Å². The summed E-state index contributed by atoms with van der Waals surface area (Å²) in [6, 6.07) is 3.88. The van der Waals surface area contributed by atoms with Crippen LogP contribution in [0, 0.1) is 23.7 Å². The maximum atomic E-state index is 12.8. The Morgan fingerprint density at radius 2 is 2.25 bits per heavy atom. The Labute approximate surface area is 73.6 Å². The molecule has 0 aliphatic carbocycles. The van der Waals surface area contributed by atoms with Crippen molar-refractivity contribution in [1.82, 2.24) is 0 Å². The van der Waals surface area contributed by atoms with Gasteiger partial charge >= 0.3 is 0 Å². The van der Waals surface area contributed by atoms with Gasteiger partial charge in [-0.2, -0.15) is 5.26 Å². The van der Waals surface area contributed by atoms with Crippen LogP contribution in [-0.4, -0.2) is 0 Å². The molecular weight excluding hydrogens is 179 g/mol. The molecule has 1 aromatic carbocycles. The number of nitriles is 1. The Morgan fingerprint density at radius 1 is 1.58 bits per heavy atom. The van der Waals surface area contributed by atoms with Gasteiger partial charge in [-0.05, 0) is 6.07 Å². The highest BCUT2D eigenvalue weighted by Gasteiger charge is 2.10. The topological polar surface area (TPSA) is 28.1 Å². The molecule has 0 spiro atoms. The number of hydrogen-bond acceptors (Lipinski definition) is 1. The minimum Gasteiger partial charge on any atom is -0.237 e. The first-order chi connectivity index (χ1) is 5.70. The van der Waals surface area contributed by atoms with E-state index in [4.69, 9.17) is 23.4 Å². The van der Waals surface area contributed by atoms with Crippen LogP contribution in [0.1, 0.15) is 5.56 Å². The molecule has 0 aliphatic rings. The van der Waals surface area contributed by atoms with Crippen LogP contribution in [-0.2, 0) is 0 Å². The minimum atomic E-state index is -0.699. The molecule has 4 heteroatoms. The molecule has 2 nitrogen and oxygen atoms in total. The van der Waals surface area contributed by atoms with Gasteiger partial charge < -0.3 is 0 Å². The average Bonchev–Trinajstić information content (AvgIpc) is 2.06. The fourth-order valence-electron chi connectivity index (χ4n) is 0.730. The van der Waals surface area contributed by atoms with Gasteiger partial charge in [-0.1, -0.05) is 17.7 Å². The number of rotatable bonds is 0. The van der Waals surface area contributed by atoms with Crippen molar-refractivity contribution in [2.75, 3.05) is 0 Å². The van der Waals surface area contributed by atoms with Crippen LogP contribution < -0.4 is 0 Å². The molecule has 0 heterocycles. The third kappa shape index (κ3) is 1.23. The molecule has 0 saturated carbocycles. The van der Waals surface area contributed by atoms with Crippen molar-refractivity contribution in [2.45, 2.75) is 0 Å². The van der Waals surface area contributed by atoms with Gasteiger partial charge in [0.25, 0.3) is 0 Å². The summed E-state index contributed by atoms with van der Waals surface area (Å²) in [6.45, 7) is 6.64. The summed E-state index contributed by atoms with van der Waals surface area (Å²) < 4.78 is 12.8. The minimum absolute atomic E-state index is 0.0922. The zero-order chi connectivity index (χ0) is 9.14. The summed E-state index contributed by atoms with van der Waals surface area (Å²) >= 11 is 5.54. The summed E-state index contributed by atoms with van der Waals surface area (Å²) in [6.07, 6.45) is 0. The van der Waals surface area contributed by atoms with Crippen molar-refractivity contribution < 1.29 is 4.39 Å². The van der Waals surface area contributed by atoms with E-state index in [0.29, 0.717) is 0 Å². The molecule has 58 valence electrons. The van der Waals surface area contributed by atoms with Crippen LogP contribution in [0.15, 0.2) is 12.1 Å². The second-order valence-corrected chi connectivity index (χ2v) is 2.36. The Hall–Kier alpha value is -1.58. The molecule has 0 radical (unpaired) electrons. The standard InChI is InChI=1S/C8H2ClFN2/c1-12-7-3-2-6(10)5(4-11)8(7)9/h2-3H. The molecule has 12 heavy (non-hydrogen) atoms. The zero-order valence-corrected chi connectivity index (χ0v) is 6.56. The summed E-state index contributed by atoms with van der Waals surface area (Å²) in [7, 11) is 0. The van der Waals surface area contributed by atoms with Gasteiger partial charge in [0, 0.05) is 0 Å². The van der Waals surface area contributed by atoms with Crippen LogP contribution in [0.4, 0.5) is 10.1 Å². The van der Waals surface area contributed by atoms with E-state index >= 15 is 0 Å². The van der Waals surface area contributed by atoms with Gasteiger partial charge in [0.2, 0.25) is 5.69 Å². The molecule has 0 amide bonds. The quantitative estimate of drug-likeness (QED) is 0.565. The SMILES string of the molecule is [C-]#[N+]c1ccc(F)c(C#N)c1Cl. The van der Waals surface area contributed by atoms with E-state index in [9.17, 15) is 4.39 Å². The second-order valence-electron chi connectivity index (χ2n) is 1.98. The van der Waals surface area contributed by atoms with Crippen molar-refractivity contribution in [3.8, 4) is 6.07 Å². The summed E-state index contributed by atoms with van der Waals surface area (Å²) in [4.78, 5) is 3.02. The van der Waals surface area contributed by atoms with Crippen LogP contribution >= 0.6 is 11.6 Å². The van der Waals surface area contributed by atoms with Crippen LogP contribution in [0.2, 0.25) is 5.02 Å². The first-order valence-electron chi connectivity index (χ1n) is 2.96. The lowest BCUT2D eigenvalue weighted by atomic mass is 10.2. The second kappa shape index (κ2) is 3.21. The van der Waals surface area contributed by atoms with Gasteiger partial charge in [0.15, 0.2) is 0 Å². The molecule has 1 rings (SSSR count). The van der Waals surface area contributed by atoms with Gasteiger partial charge in [0.1, 0.15) is 11.9 Å². The van der Waals surface area contributed by atoms with Crippen molar-refractivity contribution in [3.63, 3.8) is 0 Å². The van der Waals surface area contributed by atoms with Gasteiger partial charge in [-0.3, -0.25) is 0 Å². The van der Waals surface area contributed by atoms with E-state index in [2.05, 4.69) is 4.85 Å². The molecule has 0 atom stereocenters. The number of hydrogen-bond donors (Lipinski definition) is 0. The van der Waals surface area contributed by atoms with Crippen molar-refractivity contribution in [3.05, 3.63) is 40.0 Å². The molecule has 0 unspecified atom stereocenters. The number of benzene rings is 1. The van der Waals surface area contributed by atoms with Gasteiger partial charge in [-0.15, -0.1) is 0 Å². The Balaban J connectivity index is 3.50. The summed E-state index contributed by atoms with van der Waals surface area (Å²) in [5.41, 5.74) is -0.181. The average molecular weight is 181 g/mol. The van der Waals surface area contributed by atoms with Crippen molar-refractivity contribution >= 4 is 17.3 Å². The molecule has 0 aromatic heterocycles. The third-order valence-electron chi connectivity index (χ3n) is 1.30. The molecule has 1 aromatic rings. The highest BCUT2D eigenvalue weighted by molar-refractivity contribution is 6.34. The lowest BCUT2D eigenvalue weighted by Gasteiger charge is -1.97. The number of nitrogens with zero attached hydrogens (tertiary/aromatic N) is 2. The van der Waals surface area contributed by atoms with Gasteiger partial charge in [0.05, 0.1) is 17.2 Å². The fraction of sp³-hybridized carbons (Fsp3) is 0. The van der Waals surface area contributed by atoms with Crippen LogP contribution in [0.3, 0.4) is 0 Å². The molecule has 0 bridgehead atoms. The zero-order valence-electron chi connectivity index (χ0n) is 5.81. The van der Waals surface area contributed by atoms with E-state index in [-0.39, 0.29) is 16.3 Å². The van der Waals surface area contributed by atoms with Gasteiger partial charge in [-0.25, -0.2) is 9.24 Å². The molecule has 0 saturated heterocycles. The Bertz CT molecular complexity index is 401. The highest BCUT2D eigenvalue weighted by Crippen LogP contribution is 2.29. The Morgan fingerprint density at radius 3 is 2.75 bits per heavy atom.